The molecule has 1 amide bonds. The highest BCUT2D eigenvalue weighted by Gasteiger charge is 2.42. The lowest BCUT2D eigenvalue weighted by atomic mass is 9.72. The molecule has 3 heteroatoms. The Morgan fingerprint density at radius 1 is 1.00 bits per heavy atom. The first-order valence-corrected chi connectivity index (χ1v) is 8.95. The number of benzene rings is 2. The van der Waals surface area contributed by atoms with Crippen LogP contribution in [0.2, 0.25) is 0 Å². The van der Waals surface area contributed by atoms with Crippen LogP contribution in [0.3, 0.4) is 0 Å². The van der Waals surface area contributed by atoms with Gasteiger partial charge in [-0.15, -0.1) is 0 Å². The van der Waals surface area contributed by atoms with Crippen LogP contribution in [0, 0.1) is 0 Å². The van der Waals surface area contributed by atoms with Crippen molar-refractivity contribution in [3.05, 3.63) is 71.3 Å². The molecule has 2 N–H and O–H groups in total. The van der Waals surface area contributed by atoms with Crippen LogP contribution in [0.4, 0.5) is 0 Å². The third-order valence-corrected chi connectivity index (χ3v) is 5.66. The van der Waals surface area contributed by atoms with Gasteiger partial charge >= 0.3 is 0 Å². The fourth-order valence-corrected chi connectivity index (χ4v) is 4.26. The Bertz CT molecular complexity index is 720. The normalized spacial score (nSPS) is 21.9. The smallest absolute Gasteiger partial charge is 0.231 e. The molecule has 4 rings (SSSR count). The molecule has 124 valence electrons. The number of amides is 1. The van der Waals surface area contributed by atoms with Crippen LogP contribution in [-0.4, -0.2) is 19.0 Å². The molecule has 0 spiro atoms. The lowest BCUT2D eigenvalue weighted by Gasteiger charge is -2.37. The topological polar surface area (TPSA) is 41.1 Å². The fraction of sp³-hybridized carbons (Fsp3) is 0.381. The van der Waals surface area contributed by atoms with Gasteiger partial charge in [-0.1, -0.05) is 54.6 Å². The van der Waals surface area contributed by atoms with Crippen LogP contribution in [0.1, 0.15) is 42.0 Å². The summed E-state index contributed by atoms with van der Waals surface area (Å²) < 4.78 is 0. The van der Waals surface area contributed by atoms with Gasteiger partial charge in [0.15, 0.2) is 0 Å². The van der Waals surface area contributed by atoms with Crippen LogP contribution in [-0.2, 0) is 16.6 Å². The summed E-state index contributed by atoms with van der Waals surface area (Å²) in [4.78, 5) is 13.3. The van der Waals surface area contributed by atoms with E-state index in [9.17, 15) is 4.79 Å². The zero-order valence-corrected chi connectivity index (χ0v) is 13.9. The van der Waals surface area contributed by atoms with E-state index >= 15 is 0 Å². The molecule has 1 saturated heterocycles. The first-order chi connectivity index (χ1) is 11.8. The summed E-state index contributed by atoms with van der Waals surface area (Å²) in [6.07, 6.45) is 3.78. The van der Waals surface area contributed by atoms with Crippen LogP contribution in [0.25, 0.3) is 0 Å². The number of rotatable bonds is 3. The number of piperidine rings is 1. The number of hydrogen-bond donors (Lipinski definition) is 2. The molecular formula is C21H24N2O. The summed E-state index contributed by atoms with van der Waals surface area (Å²) in [7, 11) is 0. The van der Waals surface area contributed by atoms with Crippen molar-refractivity contribution in [1.82, 2.24) is 10.6 Å². The van der Waals surface area contributed by atoms with Crippen molar-refractivity contribution in [2.45, 2.75) is 37.1 Å². The molecule has 3 nitrogen and oxygen atoms in total. The minimum Gasteiger partial charge on any atom is -0.349 e. The predicted octanol–water partition coefficient (Wildman–Crippen LogP) is 3.11. The monoisotopic (exact) mass is 320 g/mol. The van der Waals surface area contributed by atoms with Crippen molar-refractivity contribution in [3.63, 3.8) is 0 Å². The van der Waals surface area contributed by atoms with Crippen LogP contribution < -0.4 is 10.6 Å². The molecule has 2 aromatic carbocycles. The zero-order chi connectivity index (χ0) is 16.4. The standard InChI is InChI=1S/C21H24N2O/c24-20(23-19-11-10-16-6-4-5-9-18(16)19)21(12-14-22-15-13-21)17-7-2-1-3-8-17/h1-9,19,22H,10-15H2,(H,23,24)/t19-/m0/s1. The Morgan fingerprint density at radius 3 is 2.50 bits per heavy atom. The Kier molecular flexibility index (Phi) is 4.11. The second-order valence-corrected chi connectivity index (χ2v) is 6.96. The molecule has 0 saturated carbocycles. The zero-order valence-electron chi connectivity index (χ0n) is 13.9. The van der Waals surface area contributed by atoms with E-state index < -0.39 is 5.41 Å². The molecule has 1 aliphatic carbocycles. The molecule has 2 aliphatic rings. The molecule has 1 aliphatic heterocycles. The molecule has 1 fully saturated rings. The van der Waals surface area contributed by atoms with E-state index in [0.717, 1.165) is 44.3 Å². The van der Waals surface area contributed by atoms with E-state index in [0.29, 0.717) is 0 Å². The summed E-state index contributed by atoms with van der Waals surface area (Å²) in [5.41, 5.74) is 3.42. The highest BCUT2D eigenvalue weighted by Crippen LogP contribution is 2.36. The minimum absolute atomic E-state index is 0.157. The molecule has 1 atom stereocenters. The lowest BCUT2D eigenvalue weighted by Crippen LogP contribution is -2.51. The second-order valence-electron chi connectivity index (χ2n) is 6.96. The summed E-state index contributed by atoms with van der Waals surface area (Å²) >= 11 is 0. The van der Waals surface area contributed by atoms with Gasteiger partial charge in [0.25, 0.3) is 0 Å². The van der Waals surface area contributed by atoms with Gasteiger partial charge in [0.1, 0.15) is 0 Å². The quantitative estimate of drug-likeness (QED) is 0.912. The maximum atomic E-state index is 13.3. The summed E-state index contributed by atoms with van der Waals surface area (Å²) in [6.45, 7) is 1.78. The van der Waals surface area contributed by atoms with Gasteiger partial charge in [0, 0.05) is 0 Å². The van der Waals surface area contributed by atoms with Crippen LogP contribution in [0.15, 0.2) is 54.6 Å². The van der Waals surface area contributed by atoms with Crippen molar-refractivity contribution in [2.75, 3.05) is 13.1 Å². The number of carbonyl (C=O) groups excluding carboxylic acids is 1. The maximum absolute atomic E-state index is 13.3. The average molecular weight is 320 g/mol. The number of nitrogens with one attached hydrogen (secondary N) is 2. The van der Waals surface area contributed by atoms with Gasteiger partial charge < -0.3 is 10.6 Å². The molecule has 0 bridgehead atoms. The Hall–Kier alpha value is -2.13. The highest BCUT2D eigenvalue weighted by molar-refractivity contribution is 5.89. The molecular weight excluding hydrogens is 296 g/mol. The Balaban J connectivity index is 1.61. The third-order valence-electron chi connectivity index (χ3n) is 5.66. The molecule has 0 unspecified atom stereocenters. The molecule has 2 aromatic rings. The van der Waals surface area contributed by atoms with Crippen molar-refractivity contribution < 1.29 is 4.79 Å². The van der Waals surface area contributed by atoms with E-state index in [1.807, 2.05) is 18.2 Å². The largest absolute Gasteiger partial charge is 0.349 e. The van der Waals surface area contributed by atoms with E-state index in [1.165, 1.54) is 11.1 Å². The van der Waals surface area contributed by atoms with Gasteiger partial charge in [-0.05, 0) is 55.5 Å². The summed E-state index contributed by atoms with van der Waals surface area (Å²) in [5.74, 6) is 0.192. The number of hydrogen-bond acceptors (Lipinski definition) is 2. The van der Waals surface area contributed by atoms with Crippen LogP contribution >= 0.6 is 0 Å². The Labute approximate surface area is 143 Å². The third kappa shape index (κ3) is 2.63. The highest BCUT2D eigenvalue weighted by atomic mass is 16.2. The molecule has 1 heterocycles. The van der Waals surface area contributed by atoms with Gasteiger partial charge in [0.05, 0.1) is 11.5 Å². The van der Waals surface area contributed by atoms with Gasteiger partial charge in [-0.25, -0.2) is 0 Å². The van der Waals surface area contributed by atoms with E-state index in [2.05, 4.69) is 47.0 Å². The SMILES string of the molecule is O=C(N[C@H]1CCc2ccccc21)C1(c2ccccc2)CCNCC1. The van der Waals surface area contributed by atoms with Crippen LogP contribution in [0.5, 0.6) is 0 Å². The lowest BCUT2D eigenvalue weighted by molar-refractivity contribution is -0.128. The van der Waals surface area contributed by atoms with Crippen molar-refractivity contribution in [2.24, 2.45) is 0 Å². The first kappa shape index (κ1) is 15.4. The van der Waals surface area contributed by atoms with E-state index in [-0.39, 0.29) is 11.9 Å². The summed E-state index contributed by atoms with van der Waals surface area (Å²) in [5, 5.41) is 6.77. The maximum Gasteiger partial charge on any atom is 0.231 e. The Morgan fingerprint density at radius 2 is 1.71 bits per heavy atom. The fourth-order valence-electron chi connectivity index (χ4n) is 4.26. The van der Waals surface area contributed by atoms with Gasteiger partial charge in [-0.2, -0.15) is 0 Å². The van der Waals surface area contributed by atoms with Crippen molar-refractivity contribution in [3.8, 4) is 0 Å². The van der Waals surface area contributed by atoms with Crippen molar-refractivity contribution in [1.29, 1.82) is 0 Å². The first-order valence-electron chi connectivity index (χ1n) is 8.95. The minimum atomic E-state index is -0.399. The average Bonchev–Trinajstić information content (AvgIpc) is 3.06. The van der Waals surface area contributed by atoms with E-state index in [1.54, 1.807) is 0 Å². The predicted molar refractivity (Wildman–Crippen MR) is 95.9 cm³/mol. The van der Waals surface area contributed by atoms with Gasteiger partial charge in [0.2, 0.25) is 5.91 Å². The van der Waals surface area contributed by atoms with Crippen molar-refractivity contribution >= 4 is 5.91 Å². The second kappa shape index (κ2) is 6.40. The number of carbonyl (C=O) groups is 1. The summed E-state index contributed by atoms with van der Waals surface area (Å²) in [6, 6.07) is 19.0. The number of fused-ring (bicyclic) bond motifs is 1. The molecule has 24 heavy (non-hydrogen) atoms. The molecule has 0 radical (unpaired) electrons. The van der Waals surface area contributed by atoms with E-state index in [4.69, 9.17) is 0 Å². The molecule has 0 aromatic heterocycles. The number of aryl methyl sites for hydroxylation is 1. The van der Waals surface area contributed by atoms with Gasteiger partial charge in [-0.3, -0.25) is 4.79 Å².